The summed E-state index contributed by atoms with van der Waals surface area (Å²) in [5, 5.41) is 13.0. The van der Waals surface area contributed by atoms with Crippen LogP contribution in [0.1, 0.15) is 19.8 Å². The molecule has 0 spiro atoms. The molecule has 0 aliphatic carbocycles. The van der Waals surface area contributed by atoms with Crippen molar-refractivity contribution in [3.05, 3.63) is 33.9 Å². The van der Waals surface area contributed by atoms with Crippen molar-refractivity contribution >= 4 is 17.4 Å². The molecule has 1 aliphatic rings. The molecule has 2 amide bonds. The van der Waals surface area contributed by atoms with Crippen LogP contribution in [-0.4, -0.2) is 28.9 Å². The lowest BCUT2D eigenvalue weighted by molar-refractivity contribution is -0.384. The highest BCUT2D eigenvalue weighted by molar-refractivity contribution is 5.92. The molecule has 1 fully saturated rings. The molecule has 1 N–H and O–H groups in total. The second kappa shape index (κ2) is 6.02. The Hall–Kier alpha value is -2.25. The predicted octanol–water partition coefficient (Wildman–Crippen LogP) is 3.14. The van der Waals surface area contributed by atoms with Gasteiger partial charge in [0.15, 0.2) is 17.3 Å². The fourth-order valence-electron chi connectivity index (χ4n) is 2.21. The van der Waals surface area contributed by atoms with Gasteiger partial charge < -0.3 is 4.90 Å². The summed E-state index contributed by atoms with van der Waals surface area (Å²) in [7, 11) is 0. The predicted molar refractivity (Wildman–Crippen MR) is 72.0 cm³/mol. The molecule has 1 aromatic rings. The van der Waals surface area contributed by atoms with E-state index in [1.807, 2.05) is 0 Å². The Kier molecular flexibility index (Phi) is 4.35. The maximum atomic E-state index is 13.7. The summed E-state index contributed by atoms with van der Waals surface area (Å²) in [6.07, 6.45) is 1.61. The van der Waals surface area contributed by atoms with Gasteiger partial charge in [0, 0.05) is 19.2 Å². The minimum atomic E-state index is -1.43. The monoisotopic (exact) mass is 299 g/mol. The van der Waals surface area contributed by atoms with Crippen molar-refractivity contribution < 1.29 is 18.5 Å². The lowest BCUT2D eigenvalue weighted by Crippen LogP contribution is -2.40. The second-order valence-corrected chi connectivity index (χ2v) is 5.11. The quantitative estimate of drug-likeness (QED) is 0.673. The zero-order valence-electron chi connectivity index (χ0n) is 11.4. The molecule has 0 saturated carbocycles. The Morgan fingerprint density at radius 3 is 2.57 bits per heavy atom. The Morgan fingerprint density at radius 2 is 2.00 bits per heavy atom. The van der Waals surface area contributed by atoms with Crippen molar-refractivity contribution in [2.75, 3.05) is 18.4 Å². The number of carbonyl (C=O) groups is 1. The number of nitrogens with one attached hydrogen (secondary N) is 1. The molecular formula is C13H15F2N3O3. The average Bonchev–Trinajstić information content (AvgIpc) is 2.44. The number of halogens is 2. The molecule has 8 heteroatoms. The largest absolute Gasteiger partial charge is 0.325 e. The van der Waals surface area contributed by atoms with Gasteiger partial charge in [0.05, 0.1) is 4.92 Å². The van der Waals surface area contributed by atoms with Gasteiger partial charge in [0.25, 0.3) is 5.69 Å². The Labute approximate surface area is 119 Å². The van der Waals surface area contributed by atoms with Crippen molar-refractivity contribution in [3.8, 4) is 0 Å². The molecular weight excluding hydrogens is 284 g/mol. The van der Waals surface area contributed by atoms with Crippen molar-refractivity contribution in [1.82, 2.24) is 4.90 Å². The first-order valence-electron chi connectivity index (χ1n) is 6.58. The highest BCUT2D eigenvalue weighted by atomic mass is 19.2. The summed E-state index contributed by atoms with van der Waals surface area (Å²) in [5.41, 5.74) is -1.41. The summed E-state index contributed by atoms with van der Waals surface area (Å²) in [6, 6.07) is 0.826. The molecule has 0 bridgehead atoms. The number of anilines is 1. The number of carbonyl (C=O) groups excluding carboxylic acids is 1. The number of nitro benzene ring substituents is 1. The lowest BCUT2D eigenvalue weighted by atomic mass is 10.00. The number of piperidine rings is 1. The summed E-state index contributed by atoms with van der Waals surface area (Å²) < 4.78 is 26.9. The molecule has 1 aliphatic heterocycles. The Bertz CT molecular complexity index is 572. The first-order chi connectivity index (χ1) is 9.90. The molecule has 1 saturated heterocycles. The van der Waals surface area contributed by atoms with Gasteiger partial charge in [-0.25, -0.2) is 13.6 Å². The summed E-state index contributed by atoms with van der Waals surface area (Å²) >= 11 is 0. The molecule has 114 valence electrons. The summed E-state index contributed by atoms with van der Waals surface area (Å²) in [4.78, 5) is 23.4. The fourth-order valence-corrected chi connectivity index (χ4v) is 2.21. The zero-order valence-corrected chi connectivity index (χ0v) is 11.4. The number of urea groups is 1. The number of nitrogens with zero attached hydrogens (tertiary/aromatic N) is 2. The molecule has 21 heavy (non-hydrogen) atoms. The smallest absolute Gasteiger partial charge is 0.322 e. The number of nitro groups is 1. The van der Waals surface area contributed by atoms with E-state index in [9.17, 15) is 23.7 Å². The van der Waals surface area contributed by atoms with E-state index < -0.39 is 34.0 Å². The number of likely N-dealkylation sites (tertiary alicyclic amines) is 1. The minimum Gasteiger partial charge on any atom is -0.325 e. The van der Waals surface area contributed by atoms with Gasteiger partial charge in [-0.1, -0.05) is 6.92 Å². The van der Waals surface area contributed by atoms with Crippen LogP contribution in [0, 0.1) is 27.7 Å². The zero-order chi connectivity index (χ0) is 15.6. The number of benzene rings is 1. The minimum absolute atomic E-state index is 0.484. The molecule has 1 heterocycles. The van der Waals surface area contributed by atoms with E-state index in [2.05, 4.69) is 12.2 Å². The van der Waals surface area contributed by atoms with E-state index >= 15 is 0 Å². The van der Waals surface area contributed by atoms with E-state index in [0.29, 0.717) is 25.1 Å². The van der Waals surface area contributed by atoms with Crippen molar-refractivity contribution in [1.29, 1.82) is 0 Å². The van der Waals surface area contributed by atoms with Crippen LogP contribution in [-0.2, 0) is 0 Å². The number of hydrogen-bond donors (Lipinski definition) is 1. The van der Waals surface area contributed by atoms with Crippen LogP contribution in [0.2, 0.25) is 0 Å². The van der Waals surface area contributed by atoms with Gasteiger partial charge in [-0.2, -0.15) is 0 Å². The molecule has 0 radical (unpaired) electrons. The average molecular weight is 299 g/mol. The standard InChI is InChI=1S/C13H15F2N3O3/c1-8-4-6-17(7-5-8)13(19)16-12-10(18(20)21)3-2-9(14)11(12)15/h2-3,8H,4-7H2,1H3,(H,16,19). The third kappa shape index (κ3) is 3.26. The highest BCUT2D eigenvalue weighted by Crippen LogP contribution is 2.29. The maximum absolute atomic E-state index is 13.7. The molecule has 0 unspecified atom stereocenters. The SMILES string of the molecule is CC1CCN(C(=O)Nc2c([N+](=O)[O-])ccc(F)c2F)CC1. The molecule has 6 nitrogen and oxygen atoms in total. The topological polar surface area (TPSA) is 75.5 Å². The van der Waals surface area contributed by atoms with Gasteiger partial charge in [-0.05, 0) is 24.8 Å². The van der Waals surface area contributed by atoms with Crippen LogP contribution in [0.3, 0.4) is 0 Å². The molecule has 2 rings (SSSR count). The molecule has 1 aromatic carbocycles. The van der Waals surface area contributed by atoms with Gasteiger partial charge in [-0.3, -0.25) is 15.4 Å². The van der Waals surface area contributed by atoms with Gasteiger partial charge in [-0.15, -0.1) is 0 Å². The van der Waals surface area contributed by atoms with Crippen molar-refractivity contribution in [2.24, 2.45) is 5.92 Å². The van der Waals surface area contributed by atoms with E-state index in [1.54, 1.807) is 0 Å². The van der Waals surface area contributed by atoms with E-state index in [1.165, 1.54) is 4.90 Å². The second-order valence-electron chi connectivity index (χ2n) is 5.11. The van der Waals surface area contributed by atoms with E-state index in [0.717, 1.165) is 18.9 Å². The van der Waals surface area contributed by atoms with Crippen LogP contribution < -0.4 is 5.32 Å². The van der Waals surface area contributed by atoms with Crippen LogP contribution in [0.15, 0.2) is 12.1 Å². The van der Waals surface area contributed by atoms with Crippen LogP contribution in [0.25, 0.3) is 0 Å². The van der Waals surface area contributed by atoms with Gasteiger partial charge >= 0.3 is 6.03 Å². The van der Waals surface area contributed by atoms with Gasteiger partial charge in [0.2, 0.25) is 0 Å². The summed E-state index contributed by atoms with van der Waals surface area (Å²) in [5.74, 6) is -2.18. The Balaban J connectivity index is 2.20. The van der Waals surface area contributed by atoms with Crippen LogP contribution >= 0.6 is 0 Å². The van der Waals surface area contributed by atoms with E-state index in [-0.39, 0.29) is 0 Å². The first kappa shape index (κ1) is 15.1. The number of amides is 2. The van der Waals surface area contributed by atoms with Crippen LogP contribution in [0.5, 0.6) is 0 Å². The highest BCUT2D eigenvalue weighted by Gasteiger charge is 2.26. The molecule has 0 aromatic heterocycles. The van der Waals surface area contributed by atoms with Gasteiger partial charge in [0.1, 0.15) is 0 Å². The fraction of sp³-hybridized carbons (Fsp3) is 0.462. The van der Waals surface area contributed by atoms with E-state index in [4.69, 9.17) is 0 Å². The normalized spacial score (nSPS) is 15.9. The third-order valence-electron chi connectivity index (χ3n) is 3.57. The third-order valence-corrected chi connectivity index (χ3v) is 3.57. The first-order valence-corrected chi connectivity index (χ1v) is 6.58. The Morgan fingerprint density at radius 1 is 1.38 bits per heavy atom. The lowest BCUT2D eigenvalue weighted by Gasteiger charge is -2.30. The maximum Gasteiger partial charge on any atom is 0.322 e. The van der Waals surface area contributed by atoms with Crippen molar-refractivity contribution in [2.45, 2.75) is 19.8 Å². The number of rotatable bonds is 2. The van der Waals surface area contributed by atoms with Crippen LogP contribution in [0.4, 0.5) is 25.0 Å². The molecule has 0 atom stereocenters. The number of hydrogen-bond acceptors (Lipinski definition) is 3. The van der Waals surface area contributed by atoms with Crippen molar-refractivity contribution in [3.63, 3.8) is 0 Å². The summed E-state index contributed by atoms with van der Waals surface area (Å²) in [6.45, 7) is 3.03.